The van der Waals surface area contributed by atoms with Crippen molar-refractivity contribution in [3.63, 3.8) is 0 Å². The Balaban J connectivity index is 2.49. The van der Waals surface area contributed by atoms with Crippen LogP contribution in [-0.4, -0.2) is 66.2 Å². The third-order valence-corrected chi connectivity index (χ3v) is 4.62. The van der Waals surface area contributed by atoms with E-state index in [-0.39, 0.29) is 6.03 Å². The molecule has 1 aliphatic heterocycles. The molecule has 1 unspecified atom stereocenters. The molecule has 21 heavy (non-hydrogen) atoms. The lowest BCUT2D eigenvalue weighted by Crippen LogP contribution is -2.53. The molecule has 0 spiro atoms. The molecule has 2 amide bonds. The Morgan fingerprint density at radius 1 is 1.43 bits per heavy atom. The molecule has 2 N–H and O–H groups in total. The predicted octanol–water partition coefficient (Wildman–Crippen LogP) is 1.61. The zero-order valence-corrected chi connectivity index (χ0v) is 13.7. The molecule has 1 saturated heterocycles. The summed E-state index contributed by atoms with van der Waals surface area (Å²) in [6.07, 6.45) is 1.96. The molecule has 0 aromatic rings. The molecular weight excluding hydrogens is 270 g/mol. The van der Waals surface area contributed by atoms with Gasteiger partial charge in [0.2, 0.25) is 0 Å². The van der Waals surface area contributed by atoms with Gasteiger partial charge in [-0.2, -0.15) is 0 Å². The molecular formula is C15H29N3O3. The number of carbonyl (C=O) groups excluding carboxylic acids is 1. The van der Waals surface area contributed by atoms with E-state index in [1.165, 1.54) is 0 Å². The number of urea groups is 1. The Bertz CT molecular complexity index is 373. The number of nitrogens with one attached hydrogen (secondary N) is 1. The van der Waals surface area contributed by atoms with Crippen LogP contribution in [0.3, 0.4) is 0 Å². The number of likely N-dealkylation sites (N-methyl/N-ethyl adjacent to an activating group) is 1. The molecule has 1 fully saturated rings. The van der Waals surface area contributed by atoms with E-state index >= 15 is 0 Å². The first kappa shape index (κ1) is 17.8. The van der Waals surface area contributed by atoms with Crippen molar-refractivity contribution in [2.45, 2.75) is 46.1 Å². The van der Waals surface area contributed by atoms with Crippen LogP contribution in [0.15, 0.2) is 0 Å². The first-order valence-corrected chi connectivity index (χ1v) is 7.79. The minimum atomic E-state index is -0.790. The van der Waals surface area contributed by atoms with Crippen molar-refractivity contribution in [1.82, 2.24) is 15.1 Å². The highest BCUT2D eigenvalue weighted by molar-refractivity contribution is 5.78. The number of carboxylic acid groups (broad SMARTS) is 1. The first-order valence-electron chi connectivity index (χ1n) is 7.79. The van der Waals surface area contributed by atoms with Gasteiger partial charge in [-0.25, -0.2) is 4.79 Å². The number of carbonyl (C=O) groups is 2. The van der Waals surface area contributed by atoms with Gasteiger partial charge in [0, 0.05) is 32.2 Å². The van der Waals surface area contributed by atoms with Crippen LogP contribution in [0.5, 0.6) is 0 Å². The summed E-state index contributed by atoms with van der Waals surface area (Å²) in [5.74, 6) is -0.790. The number of piperidine rings is 1. The predicted molar refractivity (Wildman–Crippen MR) is 82.3 cm³/mol. The maximum Gasteiger partial charge on any atom is 0.317 e. The van der Waals surface area contributed by atoms with E-state index in [4.69, 9.17) is 0 Å². The van der Waals surface area contributed by atoms with Crippen LogP contribution in [0.2, 0.25) is 0 Å². The molecule has 1 rings (SSSR count). The number of hydrogen-bond donors (Lipinski definition) is 2. The first-order chi connectivity index (χ1) is 9.82. The van der Waals surface area contributed by atoms with Gasteiger partial charge in [0.1, 0.15) is 0 Å². The van der Waals surface area contributed by atoms with Crippen LogP contribution in [0.4, 0.5) is 4.79 Å². The zero-order valence-electron chi connectivity index (χ0n) is 13.7. The Hall–Kier alpha value is -1.30. The summed E-state index contributed by atoms with van der Waals surface area (Å²) >= 11 is 0. The minimum absolute atomic E-state index is 0.147. The van der Waals surface area contributed by atoms with E-state index in [1.807, 2.05) is 14.0 Å². The SMILES string of the molecule is CCC1(C(=O)O)CCCN(C(=O)NCCN(C)C(C)C)C1. The van der Waals surface area contributed by atoms with Crippen molar-refractivity contribution in [3.05, 3.63) is 0 Å². The Morgan fingerprint density at radius 2 is 2.10 bits per heavy atom. The average Bonchev–Trinajstić information content (AvgIpc) is 2.46. The molecule has 6 nitrogen and oxygen atoms in total. The zero-order chi connectivity index (χ0) is 16.0. The normalized spacial score (nSPS) is 22.7. The molecule has 0 aromatic carbocycles. The van der Waals surface area contributed by atoms with Gasteiger partial charge in [-0.15, -0.1) is 0 Å². The van der Waals surface area contributed by atoms with Crippen LogP contribution in [0.25, 0.3) is 0 Å². The van der Waals surface area contributed by atoms with Crippen LogP contribution in [0.1, 0.15) is 40.0 Å². The molecule has 6 heteroatoms. The summed E-state index contributed by atoms with van der Waals surface area (Å²) < 4.78 is 0. The van der Waals surface area contributed by atoms with E-state index in [0.717, 1.165) is 13.0 Å². The molecule has 1 aliphatic rings. The summed E-state index contributed by atoms with van der Waals surface area (Å²) in [5.41, 5.74) is -0.773. The number of aliphatic carboxylic acids is 1. The topological polar surface area (TPSA) is 72.9 Å². The number of carboxylic acids is 1. The van der Waals surface area contributed by atoms with Crippen LogP contribution < -0.4 is 5.32 Å². The summed E-state index contributed by atoms with van der Waals surface area (Å²) in [5, 5.41) is 12.3. The molecule has 1 heterocycles. The summed E-state index contributed by atoms with van der Waals surface area (Å²) in [4.78, 5) is 27.5. The van der Waals surface area contributed by atoms with Gasteiger partial charge >= 0.3 is 12.0 Å². The van der Waals surface area contributed by atoms with Crippen molar-refractivity contribution in [2.24, 2.45) is 5.41 Å². The van der Waals surface area contributed by atoms with E-state index in [0.29, 0.717) is 38.5 Å². The highest BCUT2D eigenvalue weighted by Gasteiger charge is 2.42. The van der Waals surface area contributed by atoms with Gasteiger partial charge in [-0.05, 0) is 40.2 Å². The van der Waals surface area contributed by atoms with E-state index < -0.39 is 11.4 Å². The van der Waals surface area contributed by atoms with Gasteiger partial charge in [-0.1, -0.05) is 6.92 Å². The summed E-state index contributed by atoms with van der Waals surface area (Å²) in [6, 6.07) is 0.294. The van der Waals surface area contributed by atoms with E-state index in [2.05, 4.69) is 24.1 Å². The second-order valence-electron chi connectivity index (χ2n) is 6.27. The third kappa shape index (κ3) is 4.59. The summed E-state index contributed by atoms with van der Waals surface area (Å²) in [6.45, 7) is 8.41. The Kier molecular flexibility index (Phi) is 6.45. The molecule has 0 aliphatic carbocycles. The number of rotatable bonds is 6. The maximum absolute atomic E-state index is 12.2. The third-order valence-electron chi connectivity index (χ3n) is 4.62. The van der Waals surface area contributed by atoms with Crippen molar-refractivity contribution < 1.29 is 14.7 Å². The molecule has 122 valence electrons. The highest BCUT2D eigenvalue weighted by atomic mass is 16.4. The number of nitrogens with zero attached hydrogens (tertiary/aromatic N) is 2. The lowest BCUT2D eigenvalue weighted by atomic mass is 9.78. The quantitative estimate of drug-likeness (QED) is 0.781. The van der Waals surface area contributed by atoms with Crippen LogP contribution in [-0.2, 0) is 4.79 Å². The number of amides is 2. The van der Waals surface area contributed by atoms with Gasteiger partial charge in [0.05, 0.1) is 5.41 Å². The van der Waals surface area contributed by atoms with Gasteiger partial charge < -0.3 is 20.2 Å². The molecule has 0 aromatic heterocycles. The van der Waals surface area contributed by atoms with Gasteiger partial charge in [0.25, 0.3) is 0 Å². The monoisotopic (exact) mass is 299 g/mol. The largest absolute Gasteiger partial charge is 0.481 e. The fourth-order valence-corrected chi connectivity index (χ4v) is 2.63. The lowest BCUT2D eigenvalue weighted by molar-refractivity contribution is -0.152. The Morgan fingerprint density at radius 3 is 2.62 bits per heavy atom. The summed E-state index contributed by atoms with van der Waals surface area (Å²) in [7, 11) is 2.02. The maximum atomic E-state index is 12.2. The molecule has 0 bridgehead atoms. The Labute approximate surface area is 127 Å². The van der Waals surface area contributed by atoms with Gasteiger partial charge in [-0.3, -0.25) is 4.79 Å². The van der Waals surface area contributed by atoms with E-state index in [9.17, 15) is 14.7 Å². The van der Waals surface area contributed by atoms with Gasteiger partial charge in [0.15, 0.2) is 0 Å². The molecule has 0 radical (unpaired) electrons. The smallest absolute Gasteiger partial charge is 0.317 e. The minimum Gasteiger partial charge on any atom is -0.481 e. The number of hydrogen-bond acceptors (Lipinski definition) is 3. The van der Waals surface area contributed by atoms with Crippen molar-refractivity contribution >= 4 is 12.0 Å². The molecule has 0 saturated carbocycles. The standard InChI is InChI=1S/C15H29N3O3/c1-5-15(13(19)20)7-6-9-18(11-15)14(21)16-8-10-17(4)12(2)3/h12H,5-11H2,1-4H3,(H,16,21)(H,19,20). The fourth-order valence-electron chi connectivity index (χ4n) is 2.63. The second kappa shape index (κ2) is 7.64. The highest BCUT2D eigenvalue weighted by Crippen LogP contribution is 2.33. The fraction of sp³-hybridized carbons (Fsp3) is 0.867. The van der Waals surface area contributed by atoms with E-state index in [1.54, 1.807) is 4.90 Å². The average molecular weight is 299 g/mol. The van der Waals surface area contributed by atoms with Crippen molar-refractivity contribution in [3.8, 4) is 0 Å². The van der Waals surface area contributed by atoms with Crippen LogP contribution >= 0.6 is 0 Å². The molecule has 1 atom stereocenters. The van der Waals surface area contributed by atoms with Crippen molar-refractivity contribution in [2.75, 3.05) is 33.2 Å². The van der Waals surface area contributed by atoms with Crippen molar-refractivity contribution in [1.29, 1.82) is 0 Å². The lowest BCUT2D eigenvalue weighted by Gasteiger charge is -2.39. The number of likely N-dealkylation sites (tertiary alicyclic amines) is 1. The second-order valence-corrected chi connectivity index (χ2v) is 6.27. The van der Waals surface area contributed by atoms with Crippen LogP contribution in [0, 0.1) is 5.41 Å².